The molecule has 2 aromatic rings. The molecule has 4 nitrogen and oxygen atoms in total. The Hall–Kier alpha value is -1.52. The molecule has 0 radical (unpaired) electrons. The van der Waals surface area contributed by atoms with Gasteiger partial charge in [0, 0.05) is 18.5 Å². The number of carbonyl (C=O) groups is 1. The molecule has 2 heterocycles. The number of alkyl halides is 1. The predicted octanol–water partition coefficient (Wildman–Crippen LogP) is 3.77. The van der Waals surface area contributed by atoms with E-state index < -0.39 is 10.9 Å². The second-order valence-electron chi connectivity index (χ2n) is 6.18. The van der Waals surface area contributed by atoms with Crippen LogP contribution in [0, 0.1) is 5.92 Å². The molecule has 2 atom stereocenters. The number of ether oxygens (including phenoxy) is 1. The number of furan rings is 1. The standard InChI is InChI=1S/C18H22ClNO3/c1-4-22-10-9-20-17(21)16(19)18(20,12(2)3)15-11-13-7-5-6-8-14(13)23-15/h5-8,11-12,16H,4,9-10H2,1-3H3. The van der Waals surface area contributed by atoms with Gasteiger partial charge in [0.1, 0.15) is 22.3 Å². The minimum atomic E-state index is -0.616. The molecule has 1 aliphatic heterocycles. The first-order chi connectivity index (χ1) is 11.0. The van der Waals surface area contributed by atoms with E-state index in [2.05, 4.69) is 13.8 Å². The fourth-order valence-electron chi connectivity index (χ4n) is 3.50. The SMILES string of the molecule is CCOCCN1C(=O)C(Cl)C1(c1cc2ccccc2o1)C(C)C. The zero-order valence-electron chi connectivity index (χ0n) is 13.7. The molecule has 1 fully saturated rings. The number of carbonyl (C=O) groups excluding carboxylic acids is 1. The van der Waals surface area contributed by atoms with E-state index in [9.17, 15) is 4.79 Å². The highest BCUT2D eigenvalue weighted by Crippen LogP contribution is 2.51. The van der Waals surface area contributed by atoms with Gasteiger partial charge in [0.05, 0.1) is 6.61 Å². The number of likely N-dealkylation sites (tertiary alicyclic amines) is 1. The zero-order valence-corrected chi connectivity index (χ0v) is 14.5. The molecule has 1 saturated heterocycles. The summed E-state index contributed by atoms with van der Waals surface area (Å²) >= 11 is 6.49. The van der Waals surface area contributed by atoms with Gasteiger partial charge in [0.2, 0.25) is 5.91 Å². The van der Waals surface area contributed by atoms with Crippen molar-refractivity contribution >= 4 is 28.5 Å². The smallest absolute Gasteiger partial charge is 0.244 e. The quantitative estimate of drug-likeness (QED) is 0.458. The van der Waals surface area contributed by atoms with Crippen LogP contribution in [-0.2, 0) is 15.1 Å². The highest BCUT2D eigenvalue weighted by Gasteiger charge is 2.63. The molecule has 1 aliphatic rings. The van der Waals surface area contributed by atoms with Gasteiger partial charge in [-0.2, -0.15) is 0 Å². The first-order valence-electron chi connectivity index (χ1n) is 8.05. The molecular formula is C18H22ClNO3. The highest BCUT2D eigenvalue weighted by atomic mass is 35.5. The Bertz CT molecular complexity index is 678. The van der Waals surface area contributed by atoms with E-state index in [0.717, 1.165) is 16.7 Å². The Balaban J connectivity index is 2.02. The van der Waals surface area contributed by atoms with Crippen molar-refractivity contribution in [1.29, 1.82) is 0 Å². The van der Waals surface area contributed by atoms with E-state index in [1.807, 2.05) is 42.2 Å². The normalized spacial score (nSPS) is 24.5. The summed E-state index contributed by atoms with van der Waals surface area (Å²) in [6.07, 6.45) is 0. The molecule has 1 aromatic carbocycles. The first-order valence-corrected chi connectivity index (χ1v) is 8.49. The van der Waals surface area contributed by atoms with Crippen molar-refractivity contribution in [2.75, 3.05) is 19.8 Å². The van der Waals surface area contributed by atoms with E-state index in [-0.39, 0.29) is 11.8 Å². The van der Waals surface area contributed by atoms with Gasteiger partial charge < -0.3 is 14.1 Å². The average molecular weight is 336 g/mol. The van der Waals surface area contributed by atoms with Crippen LogP contribution in [-0.4, -0.2) is 35.9 Å². The summed E-state index contributed by atoms with van der Waals surface area (Å²) in [4.78, 5) is 14.2. The summed E-state index contributed by atoms with van der Waals surface area (Å²) in [7, 11) is 0. The molecular weight excluding hydrogens is 314 g/mol. The maximum absolute atomic E-state index is 12.4. The lowest BCUT2D eigenvalue weighted by atomic mass is 9.72. The molecule has 5 heteroatoms. The third-order valence-corrected chi connectivity index (χ3v) is 5.20. The first kappa shape index (κ1) is 16.3. The Morgan fingerprint density at radius 3 is 2.78 bits per heavy atom. The van der Waals surface area contributed by atoms with Gasteiger partial charge in [0.25, 0.3) is 0 Å². The van der Waals surface area contributed by atoms with Crippen molar-refractivity contribution in [3.63, 3.8) is 0 Å². The van der Waals surface area contributed by atoms with E-state index >= 15 is 0 Å². The zero-order chi connectivity index (χ0) is 16.6. The van der Waals surface area contributed by atoms with Crippen LogP contribution >= 0.6 is 11.6 Å². The van der Waals surface area contributed by atoms with Gasteiger partial charge in [-0.1, -0.05) is 32.0 Å². The van der Waals surface area contributed by atoms with Gasteiger partial charge in [-0.05, 0) is 25.0 Å². The van der Waals surface area contributed by atoms with Crippen molar-refractivity contribution in [3.8, 4) is 0 Å². The van der Waals surface area contributed by atoms with E-state index in [0.29, 0.717) is 19.8 Å². The molecule has 3 rings (SSSR count). The summed E-state index contributed by atoms with van der Waals surface area (Å²) in [5, 5.41) is 0.417. The van der Waals surface area contributed by atoms with Crippen molar-refractivity contribution in [2.24, 2.45) is 5.92 Å². The summed E-state index contributed by atoms with van der Waals surface area (Å²) in [6, 6.07) is 9.85. The van der Waals surface area contributed by atoms with Crippen LogP contribution in [0.25, 0.3) is 11.0 Å². The maximum Gasteiger partial charge on any atom is 0.244 e. The third kappa shape index (κ3) is 2.36. The monoisotopic (exact) mass is 335 g/mol. The molecule has 0 saturated carbocycles. The number of para-hydroxylation sites is 1. The van der Waals surface area contributed by atoms with Gasteiger partial charge in [0.15, 0.2) is 0 Å². The average Bonchev–Trinajstić information content (AvgIpc) is 2.96. The van der Waals surface area contributed by atoms with Gasteiger partial charge in [-0.15, -0.1) is 11.6 Å². The van der Waals surface area contributed by atoms with Crippen LogP contribution in [0.2, 0.25) is 0 Å². The molecule has 124 valence electrons. The number of nitrogens with zero attached hydrogens (tertiary/aromatic N) is 1. The van der Waals surface area contributed by atoms with Crippen LogP contribution < -0.4 is 0 Å². The van der Waals surface area contributed by atoms with E-state index in [1.165, 1.54) is 0 Å². The number of rotatable bonds is 6. The summed E-state index contributed by atoms with van der Waals surface area (Å²) in [6.45, 7) is 7.74. The highest BCUT2D eigenvalue weighted by molar-refractivity contribution is 6.34. The van der Waals surface area contributed by atoms with Crippen molar-refractivity contribution in [1.82, 2.24) is 4.90 Å². The summed E-state index contributed by atoms with van der Waals surface area (Å²) in [5.74, 6) is 0.829. The summed E-state index contributed by atoms with van der Waals surface area (Å²) < 4.78 is 11.5. The number of fused-ring (bicyclic) bond motifs is 1. The number of halogens is 1. The number of benzene rings is 1. The van der Waals surface area contributed by atoms with Crippen LogP contribution in [0.3, 0.4) is 0 Å². The minimum absolute atomic E-state index is 0.0551. The Kier molecular flexibility index (Phi) is 4.39. The van der Waals surface area contributed by atoms with Crippen LogP contribution in [0.1, 0.15) is 26.5 Å². The van der Waals surface area contributed by atoms with Gasteiger partial charge >= 0.3 is 0 Å². The Labute approximate surface area is 141 Å². The fraction of sp³-hybridized carbons (Fsp3) is 0.500. The molecule has 1 aromatic heterocycles. The Morgan fingerprint density at radius 2 is 2.13 bits per heavy atom. The second kappa shape index (κ2) is 6.17. The topological polar surface area (TPSA) is 42.7 Å². The van der Waals surface area contributed by atoms with Crippen LogP contribution in [0.4, 0.5) is 0 Å². The van der Waals surface area contributed by atoms with Crippen molar-refractivity contribution in [3.05, 3.63) is 36.1 Å². The number of hydrogen-bond acceptors (Lipinski definition) is 3. The molecule has 0 bridgehead atoms. The van der Waals surface area contributed by atoms with E-state index in [1.54, 1.807) is 0 Å². The van der Waals surface area contributed by atoms with E-state index in [4.69, 9.17) is 20.8 Å². The lowest BCUT2D eigenvalue weighted by Gasteiger charge is -2.56. The van der Waals surface area contributed by atoms with Crippen molar-refractivity contribution in [2.45, 2.75) is 31.7 Å². The number of amides is 1. The minimum Gasteiger partial charge on any atom is -0.458 e. The van der Waals surface area contributed by atoms with Gasteiger partial charge in [-0.3, -0.25) is 4.79 Å². The second-order valence-corrected chi connectivity index (χ2v) is 6.61. The lowest BCUT2D eigenvalue weighted by molar-refractivity contribution is -0.166. The molecule has 0 spiro atoms. The molecule has 1 amide bonds. The van der Waals surface area contributed by atoms with Gasteiger partial charge in [-0.25, -0.2) is 0 Å². The van der Waals surface area contributed by atoms with Crippen LogP contribution in [0.5, 0.6) is 0 Å². The lowest BCUT2D eigenvalue weighted by Crippen LogP contribution is -2.72. The molecule has 2 unspecified atom stereocenters. The molecule has 0 N–H and O–H groups in total. The molecule has 0 aliphatic carbocycles. The Morgan fingerprint density at radius 1 is 1.39 bits per heavy atom. The largest absolute Gasteiger partial charge is 0.458 e. The number of hydrogen-bond donors (Lipinski definition) is 0. The summed E-state index contributed by atoms with van der Waals surface area (Å²) in [5.41, 5.74) is 0.199. The maximum atomic E-state index is 12.4. The predicted molar refractivity (Wildman–Crippen MR) is 90.6 cm³/mol. The fourth-order valence-corrected chi connectivity index (χ4v) is 4.09. The third-order valence-electron chi connectivity index (χ3n) is 4.68. The molecule has 23 heavy (non-hydrogen) atoms. The van der Waals surface area contributed by atoms with Crippen molar-refractivity contribution < 1.29 is 13.9 Å². The van der Waals surface area contributed by atoms with Crippen LogP contribution in [0.15, 0.2) is 34.7 Å². The number of β-lactam (4-membered cyclic amide) rings is 1.